The van der Waals surface area contributed by atoms with Crippen molar-refractivity contribution in [3.05, 3.63) is 81.9 Å². The quantitative estimate of drug-likeness (QED) is 0.0713. The molecule has 4 aromatic carbocycles. The normalized spacial score (nSPS) is 10.6. The Bertz CT molecular complexity index is 1770. The SMILES string of the molecule is CC(=O)Oc1cc2c(F)c(F)c(F)c(F)c2cc1C#CC#Cc1cc2c(F)c(F)c(F)c(F)c2cc1OC(C)=O. The number of hydrogen-bond donors (Lipinski definition) is 0. The van der Waals surface area contributed by atoms with Gasteiger partial charge in [-0.3, -0.25) is 9.59 Å². The zero-order valence-electron chi connectivity index (χ0n) is 20.0. The molecular weight excluding hydrogens is 552 g/mol. The number of ether oxygens (including phenoxy) is 2. The molecule has 12 heteroatoms. The highest BCUT2D eigenvalue weighted by Crippen LogP contribution is 2.34. The van der Waals surface area contributed by atoms with Gasteiger partial charge in [0.1, 0.15) is 11.5 Å². The van der Waals surface area contributed by atoms with E-state index in [0.29, 0.717) is 0 Å². The van der Waals surface area contributed by atoms with Crippen molar-refractivity contribution in [3.8, 4) is 35.2 Å². The lowest BCUT2D eigenvalue weighted by molar-refractivity contribution is -0.132. The Morgan fingerprint density at radius 1 is 0.500 bits per heavy atom. The number of carbonyl (C=O) groups excluding carboxylic acids is 2. The van der Waals surface area contributed by atoms with Gasteiger partial charge in [0.2, 0.25) is 0 Å². The van der Waals surface area contributed by atoms with Crippen molar-refractivity contribution in [1.82, 2.24) is 0 Å². The first-order valence-electron chi connectivity index (χ1n) is 10.8. The van der Waals surface area contributed by atoms with Gasteiger partial charge < -0.3 is 9.47 Å². The van der Waals surface area contributed by atoms with E-state index >= 15 is 0 Å². The third kappa shape index (κ3) is 4.99. The molecule has 0 N–H and O–H groups in total. The Hall–Kier alpha value is -5.10. The van der Waals surface area contributed by atoms with Crippen LogP contribution in [0, 0.1) is 70.2 Å². The van der Waals surface area contributed by atoms with Crippen LogP contribution >= 0.6 is 0 Å². The van der Waals surface area contributed by atoms with Crippen molar-refractivity contribution in [3.63, 3.8) is 0 Å². The molecule has 4 aromatic rings. The summed E-state index contributed by atoms with van der Waals surface area (Å²) in [6, 6.07) is 3.00. The third-order valence-corrected chi connectivity index (χ3v) is 5.31. The van der Waals surface area contributed by atoms with Crippen molar-refractivity contribution < 1.29 is 54.2 Å². The van der Waals surface area contributed by atoms with E-state index in [4.69, 9.17) is 9.47 Å². The zero-order chi connectivity index (χ0) is 29.5. The summed E-state index contributed by atoms with van der Waals surface area (Å²) in [6.07, 6.45) is 0. The van der Waals surface area contributed by atoms with Gasteiger partial charge in [0.05, 0.1) is 11.1 Å². The molecule has 0 aliphatic carbocycles. The van der Waals surface area contributed by atoms with Crippen LogP contribution in [0.15, 0.2) is 24.3 Å². The van der Waals surface area contributed by atoms with Crippen LogP contribution in [0.25, 0.3) is 21.5 Å². The molecule has 4 nitrogen and oxygen atoms in total. The highest BCUT2D eigenvalue weighted by atomic mass is 19.2. The molecule has 0 spiro atoms. The van der Waals surface area contributed by atoms with Gasteiger partial charge in [0.25, 0.3) is 0 Å². The fourth-order valence-electron chi connectivity index (χ4n) is 3.62. The Balaban J connectivity index is 1.88. The van der Waals surface area contributed by atoms with Crippen molar-refractivity contribution in [2.24, 2.45) is 0 Å². The van der Waals surface area contributed by atoms with Crippen LogP contribution in [0.2, 0.25) is 0 Å². The number of rotatable bonds is 2. The molecule has 40 heavy (non-hydrogen) atoms. The van der Waals surface area contributed by atoms with Gasteiger partial charge in [-0.15, -0.1) is 0 Å². The van der Waals surface area contributed by atoms with Crippen LogP contribution in [0.4, 0.5) is 35.1 Å². The van der Waals surface area contributed by atoms with Crippen molar-refractivity contribution in [1.29, 1.82) is 0 Å². The summed E-state index contributed by atoms with van der Waals surface area (Å²) in [5.74, 6) is -8.90. The standard InChI is InChI=1S/C28H10F8O4/c1-11(37)39-19-9-17-15(21(29)25(33)27(35)23(17)31)7-13(19)5-3-4-6-14-8-16-18(10-20(14)40-12(2)38)24(32)28(36)26(34)22(16)30/h7-10H,1-2H3. The zero-order valence-corrected chi connectivity index (χ0v) is 20.0. The molecule has 0 aromatic heterocycles. The van der Waals surface area contributed by atoms with Gasteiger partial charge in [0.15, 0.2) is 46.5 Å². The molecule has 0 aliphatic heterocycles. The maximum atomic E-state index is 14.3. The molecule has 0 radical (unpaired) electrons. The lowest BCUT2D eigenvalue weighted by Crippen LogP contribution is -2.05. The lowest BCUT2D eigenvalue weighted by Gasteiger charge is -2.09. The molecule has 0 heterocycles. The molecule has 0 aliphatic rings. The summed E-state index contributed by atoms with van der Waals surface area (Å²) in [7, 11) is 0. The first-order chi connectivity index (χ1) is 18.8. The van der Waals surface area contributed by atoms with E-state index in [9.17, 15) is 44.7 Å². The second kappa shape index (κ2) is 10.6. The number of halogens is 8. The van der Waals surface area contributed by atoms with Gasteiger partial charge in [-0.1, -0.05) is 0 Å². The summed E-state index contributed by atoms with van der Waals surface area (Å²) < 4.78 is 122. The molecular formula is C28H10F8O4. The highest BCUT2D eigenvalue weighted by molar-refractivity contribution is 5.89. The van der Waals surface area contributed by atoms with E-state index in [1.54, 1.807) is 0 Å². The van der Waals surface area contributed by atoms with Gasteiger partial charge in [-0.2, -0.15) is 0 Å². The fourth-order valence-corrected chi connectivity index (χ4v) is 3.62. The minimum absolute atomic E-state index is 0.314. The minimum atomic E-state index is -2.08. The topological polar surface area (TPSA) is 52.6 Å². The van der Waals surface area contributed by atoms with Gasteiger partial charge in [0, 0.05) is 35.4 Å². The Morgan fingerprint density at radius 2 is 0.775 bits per heavy atom. The van der Waals surface area contributed by atoms with Crippen LogP contribution in [0.1, 0.15) is 25.0 Å². The van der Waals surface area contributed by atoms with E-state index in [-0.39, 0.29) is 11.1 Å². The van der Waals surface area contributed by atoms with Crippen LogP contribution < -0.4 is 9.47 Å². The van der Waals surface area contributed by atoms with E-state index in [0.717, 1.165) is 38.1 Å². The maximum absolute atomic E-state index is 14.3. The first-order valence-corrected chi connectivity index (χ1v) is 10.8. The van der Waals surface area contributed by atoms with Crippen LogP contribution in [-0.4, -0.2) is 11.9 Å². The summed E-state index contributed by atoms with van der Waals surface area (Å²) in [6.45, 7) is 1.94. The van der Waals surface area contributed by atoms with Crippen LogP contribution in [0.3, 0.4) is 0 Å². The number of carbonyl (C=O) groups is 2. The Morgan fingerprint density at radius 3 is 1.05 bits per heavy atom. The lowest BCUT2D eigenvalue weighted by atomic mass is 10.0. The molecule has 0 amide bonds. The molecule has 0 unspecified atom stereocenters. The summed E-state index contributed by atoms with van der Waals surface area (Å²) in [5, 5.41) is -2.96. The first kappa shape index (κ1) is 27.9. The molecule has 202 valence electrons. The smallest absolute Gasteiger partial charge is 0.308 e. The van der Waals surface area contributed by atoms with Gasteiger partial charge in [-0.05, 0) is 47.9 Å². The highest BCUT2D eigenvalue weighted by Gasteiger charge is 2.24. The number of hydrogen-bond acceptors (Lipinski definition) is 4. The van der Waals surface area contributed by atoms with Crippen LogP contribution in [-0.2, 0) is 9.59 Å². The summed E-state index contributed by atoms with van der Waals surface area (Å²) >= 11 is 0. The minimum Gasteiger partial charge on any atom is -0.425 e. The van der Waals surface area contributed by atoms with Crippen molar-refractivity contribution in [2.75, 3.05) is 0 Å². The van der Waals surface area contributed by atoms with Crippen LogP contribution in [0.5, 0.6) is 11.5 Å². The molecule has 0 fully saturated rings. The van der Waals surface area contributed by atoms with E-state index in [2.05, 4.69) is 23.7 Å². The maximum Gasteiger partial charge on any atom is 0.308 e. The molecule has 0 atom stereocenters. The largest absolute Gasteiger partial charge is 0.425 e. The van der Waals surface area contributed by atoms with E-state index < -0.39 is 91.5 Å². The van der Waals surface area contributed by atoms with Gasteiger partial charge in [-0.25, -0.2) is 35.1 Å². The van der Waals surface area contributed by atoms with Gasteiger partial charge >= 0.3 is 11.9 Å². The summed E-state index contributed by atoms with van der Waals surface area (Å²) in [5.41, 5.74) is -0.628. The van der Waals surface area contributed by atoms with E-state index in [1.807, 2.05) is 0 Å². The molecule has 0 saturated carbocycles. The molecule has 0 saturated heterocycles. The number of esters is 2. The molecule has 0 bridgehead atoms. The average molecular weight is 562 g/mol. The number of benzene rings is 4. The predicted molar refractivity (Wildman–Crippen MR) is 124 cm³/mol. The average Bonchev–Trinajstić information content (AvgIpc) is 2.90. The van der Waals surface area contributed by atoms with Crippen molar-refractivity contribution in [2.45, 2.75) is 13.8 Å². The van der Waals surface area contributed by atoms with E-state index in [1.165, 1.54) is 0 Å². The molecule has 4 rings (SSSR count). The predicted octanol–water partition coefficient (Wildman–Crippen LogP) is 6.36. The fraction of sp³-hybridized carbons (Fsp3) is 0.0714. The summed E-state index contributed by atoms with van der Waals surface area (Å²) in [4.78, 5) is 22.9. The Labute approximate surface area is 219 Å². The third-order valence-electron chi connectivity index (χ3n) is 5.31. The van der Waals surface area contributed by atoms with Crippen molar-refractivity contribution >= 4 is 33.5 Å². The monoisotopic (exact) mass is 562 g/mol. The second-order valence-electron chi connectivity index (χ2n) is 7.99. The number of fused-ring (bicyclic) bond motifs is 2. The Kier molecular flexibility index (Phi) is 7.38. The second-order valence-corrected chi connectivity index (χ2v) is 7.99.